The Kier molecular flexibility index (Phi) is 7.93. The minimum atomic E-state index is -5.38. The average Bonchev–Trinajstić information content (AvgIpc) is 2.79. The fourth-order valence-corrected chi connectivity index (χ4v) is 10.2. The zero-order chi connectivity index (χ0) is 27.2. The molecule has 0 amide bonds. The van der Waals surface area contributed by atoms with Crippen molar-refractivity contribution in [1.82, 2.24) is 0 Å². The molecule has 3 rings (SSSR count). The average molecular weight is 640 g/mol. The summed E-state index contributed by atoms with van der Waals surface area (Å²) in [6.45, 7) is 12.0. The number of halogens is 6. The molecule has 0 fully saturated rings. The molecule has 3 nitrogen and oxygen atoms in total. The second-order valence-electron chi connectivity index (χ2n) is 10.2. The maximum atomic E-state index is 14.4. The van der Waals surface area contributed by atoms with Gasteiger partial charge in [-0.05, 0) is 0 Å². The molecule has 196 valence electrons. The maximum absolute atomic E-state index is 14.4. The zero-order valence-corrected chi connectivity index (χ0v) is 23.5. The van der Waals surface area contributed by atoms with Gasteiger partial charge in [-0.1, -0.05) is 0 Å². The van der Waals surface area contributed by atoms with Crippen LogP contribution in [-0.4, -0.2) is 8.42 Å². The van der Waals surface area contributed by atoms with Crippen LogP contribution < -0.4 is 0 Å². The molecule has 0 aliphatic heterocycles. The summed E-state index contributed by atoms with van der Waals surface area (Å²) in [4.78, 5) is -2.00. The monoisotopic (exact) mass is 640 g/mol. The molecule has 0 aliphatic carbocycles. The van der Waals surface area contributed by atoms with E-state index in [-0.39, 0.29) is 10.8 Å². The van der Waals surface area contributed by atoms with Crippen molar-refractivity contribution in [3.05, 3.63) is 95.9 Å². The molecule has 0 spiro atoms. The summed E-state index contributed by atoms with van der Waals surface area (Å²) in [5, 5.41) is 0. The van der Waals surface area contributed by atoms with Crippen LogP contribution in [-0.2, 0) is 23.5 Å². The third-order valence-corrected chi connectivity index (χ3v) is 12.7. The van der Waals surface area contributed by atoms with Crippen LogP contribution in [0.15, 0.2) is 53.4 Å². The first-order valence-electron chi connectivity index (χ1n) is 10.8. The molecule has 10 heteroatoms. The quantitative estimate of drug-likeness (QED) is 0.124. The molecule has 0 atom stereocenters. The van der Waals surface area contributed by atoms with E-state index in [1.807, 2.05) is 41.5 Å². The van der Waals surface area contributed by atoms with Crippen molar-refractivity contribution >= 4 is 30.4 Å². The molecule has 0 unspecified atom stereocenters. The summed E-state index contributed by atoms with van der Waals surface area (Å²) in [5.41, 5.74) is 1.50. The van der Waals surface area contributed by atoms with Gasteiger partial charge in [0.05, 0.1) is 0 Å². The molecule has 0 radical (unpaired) electrons. The van der Waals surface area contributed by atoms with Crippen LogP contribution in [0.25, 0.3) is 0 Å². The van der Waals surface area contributed by atoms with E-state index in [1.165, 1.54) is 0 Å². The molecule has 0 N–H and O–H groups in total. The van der Waals surface area contributed by atoms with Gasteiger partial charge >= 0.3 is 216 Å². The SMILES string of the molecule is CC(C)(C)c1ccc(I(OS(=O)(=O)c2c(F)c(F)c(F)c(F)c2F)c2ccc(C(C)(C)C)cc2)cc1. The molecular weight excluding hydrogens is 614 g/mol. The molecule has 3 aromatic carbocycles. The van der Waals surface area contributed by atoms with Gasteiger partial charge in [-0.2, -0.15) is 0 Å². The van der Waals surface area contributed by atoms with Crippen LogP contribution in [0, 0.1) is 36.2 Å². The van der Waals surface area contributed by atoms with Gasteiger partial charge in [0, 0.05) is 0 Å². The molecule has 0 aromatic heterocycles. The summed E-state index contributed by atoms with van der Waals surface area (Å²) in [5.74, 6) is -12.1. The van der Waals surface area contributed by atoms with Crippen molar-refractivity contribution < 1.29 is 32.9 Å². The standard InChI is InChI=1S/C26H26F5IO3S/c1-25(2,3)15-7-11-17(12-8-15)32(18-13-9-16(10-14-18)26(4,5)6)35-36(33,34)24-22(30)20(28)19(27)21(29)23(24)31/h7-14H,1-6H3. The van der Waals surface area contributed by atoms with Gasteiger partial charge in [0.25, 0.3) is 0 Å². The van der Waals surface area contributed by atoms with Crippen LogP contribution in [0.1, 0.15) is 52.7 Å². The summed E-state index contributed by atoms with van der Waals surface area (Å²) in [6, 6.07) is 13.8. The molecule has 0 bridgehead atoms. The third-order valence-electron chi connectivity index (χ3n) is 5.38. The topological polar surface area (TPSA) is 43.4 Å². The van der Waals surface area contributed by atoms with Crippen molar-refractivity contribution in [2.45, 2.75) is 57.3 Å². The zero-order valence-electron chi connectivity index (χ0n) is 20.5. The third kappa shape index (κ3) is 5.75. The Morgan fingerprint density at radius 3 is 1.19 bits per heavy atom. The predicted molar refractivity (Wildman–Crippen MR) is 136 cm³/mol. The van der Waals surface area contributed by atoms with Crippen molar-refractivity contribution in [3.63, 3.8) is 0 Å². The van der Waals surface area contributed by atoms with E-state index in [1.54, 1.807) is 48.5 Å². The van der Waals surface area contributed by atoms with Crippen LogP contribution in [0.4, 0.5) is 22.0 Å². The van der Waals surface area contributed by atoms with Gasteiger partial charge in [0.2, 0.25) is 0 Å². The fourth-order valence-electron chi connectivity index (χ4n) is 3.25. The van der Waals surface area contributed by atoms with E-state index in [0.717, 1.165) is 11.1 Å². The van der Waals surface area contributed by atoms with Crippen molar-refractivity contribution in [2.75, 3.05) is 0 Å². The van der Waals surface area contributed by atoms with Gasteiger partial charge in [-0.3, -0.25) is 0 Å². The molecule has 3 aromatic rings. The summed E-state index contributed by atoms with van der Waals surface area (Å²) in [7, 11) is -5.38. The van der Waals surface area contributed by atoms with Gasteiger partial charge < -0.3 is 0 Å². The van der Waals surface area contributed by atoms with Crippen LogP contribution in [0.2, 0.25) is 0 Å². The van der Waals surface area contributed by atoms with Gasteiger partial charge in [0.1, 0.15) is 0 Å². The Labute approximate surface area is 215 Å². The van der Waals surface area contributed by atoms with E-state index in [0.29, 0.717) is 7.14 Å². The second kappa shape index (κ2) is 10.0. The molecule has 0 aliphatic rings. The predicted octanol–water partition coefficient (Wildman–Crippen LogP) is 7.84. The van der Waals surface area contributed by atoms with E-state index in [2.05, 4.69) is 0 Å². The Balaban J connectivity index is 2.16. The minimum absolute atomic E-state index is 0.200. The Morgan fingerprint density at radius 2 is 0.889 bits per heavy atom. The van der Waals surface area contributed by atoms with Crippen molar-refractivity contribution in [3.8, 4) is 0 Å². The Morgan fingerprint density at radius 1 is 0.583 bits per heavy atom. The van der Waals surface area contributed by atoms with E-state index in [4.69, 9.17) is 2.51 Å². The molecule has 36 heavy (non-hydrogen) atoms. The van der Waals surface area contributed by atoms with Crippen LogP contribution in [0.3, 0.4) is 0 Å². The van der Waals surface area contributed by atoms with E-state index >= 15 is 0 Å². The fraction of sp³-hybridized carbons (Fsp3) is 0.308. The molecule has 0 heterocycles. The van der Waals surface area contributed by atoms with Gasteiger partial charge in [-0.25, -0.2) is 0 Å². The molecular formula is C26H26F5IO3S. The summed E-state index contributed by atoms with van der Waals surface area (Å²) in [6.07, 6.45) is 0. The first-order chi connectivity index (χ1) is 16.4. The summed E-state index contributed by atoms with van der Waals surface area (Å²) >= 11 is -3.47. The number of hydrogen-bond donors (Lipinski definition) is 0. The molecule has 0 saturated carbocycles. The second-order valence-corrected chi connectivity index (χ2v) is 16.6. The Bertz CT molecular complexity index is 1290. The van der Waals surface area contributed by atoms with Gasteiger partial charge in [0.15, 0.2) is 0 Å². The van der Waals surface area contributed by atoms with E-state index < -0.39 is 64.3 Å². The summed E-state index contributed by atoms with van der Waals surface area (Å²) < 4.78 is 102. The van der Waals surface area contributed by atoms with Gasteiger partial charge in [-0.15, -0.1) is 0 Å². The number of rotatable bonds is 5. The Hall–Kier alpha value is -2.05. The molecule has 0 saturated heterocycles. The number of benzene rings is 3. The van der Waals surface area contributed by atoms with Crippen LogP contribution >= 0.6 is 20.2 Å². The van der Waals surface area contributed by atoms with Crippen molar-refractivity contribution in [2.24, 2.45) is 0 Å². The first kappa shape index (κ1) is 28.5. The van der Waals surface area contributed by atoms with Crippen molar-refractivity contribution in [1.29, 1.82) is 0 Å². The first-order valence-corrected chi connectivity index (χ1v) is 15.3. The van der Waals surface area contributed by atoms with E-state index in [9.17, 15) is 30.4 Å². The van der Waals surface area contributed by atoms with Crippen LogP contribution in [0.5, 0.6) is 0 Å². The number of hydrogen-bond acceptors (Lipinski definition) is 3. The normalized spacial score (nSPS) is 13.1.